The lowest BCUT2D eigenvalue weighted by molar-refractivity contribution is 0.563. The van der Waals surface area contributed by atoms with E-state index in [1.165, 1.54) is 6.26 Å². The van der Waals surface area contributed by atoms with Gasteiger partial charge in [0.2, 0.25) is 0 Å². The molecule has 0 spiro atoms. The first-order valence-corrected chi connectivity index (χ1v) is 4.41. The maximum atomic E-state index is 5.91. The fraction of sp³-hybridized carbons (Fsp3) is 0.250. The van der Waals surface area contributed by atoms with Crippen molar-refractivity contribution >= 4 is 11.6 Å². The highest BCUT2D eigenvalue weighted by Gasteiger charge is 2.17. The van der Waals surface area contributed by atoms with Crippen LogP contribution < -0.4 is 5.73 Å². The van der Waals surface area contributed by atoms with Gasteiger partial charge in [0.15, 0.2) is 5.22 Å². The Kier molecular flexibility index (Phi) is 2.26. The van der Waals surface area contributed by atoms with Gasteiger partial charge in [-0.05, 0) is 17.7 Å². The zero-order chi connectivity index (χ0) is 10.1. The number of furan rings is 1. The van der Waals surface area contributed by atoms with E-state index in [0.29, 0.717) is 16.5 Å². The van der Waals surface area contributed by atoms with Gasteiger partial charge in [-0.25, -0.2) is 0 Å². The van der Waals surface area contributed by atoms with Gasteiger partial charge >= 0.3 is 0 Å². The molecule has 0 aliphatic carbocycles. The van der Waals surface area contributed by atoms with Gasteiger partial charge in [0.25, 0.3) is 0 Å². The van der Waals surface area contributed by atoms with Crippen molar-refractivity contribution in [2.45, 2.75) is 6.04 Å². The number of aromatic nitrogens is 3. The lowest BCUT2D eigenvalue weighted by Crippen LogP contribution is -2.11. The van der Waals surface area contributed by atoms with Gasteiger partial charge in [0.1, 0.15) is 5.69 Å². The van der Waals surface area contributed by atoms with Crippen molar-refractivity contribution < 1.29 is 4.42 Å². The highest BCUT2D eigenvalue weighted by molar-refractivity contribution is 6.29. The second kappa shape index (κ2) is 3.43. The molecule has 0 aliphatic rings. The van der Waals surface area contributed by atoms with Crippen LogP contribution in [0.15, 0.2) is 22.9 Å². The first-order valence-electron chi connectivity index (χ1n) is 4.03. The van der Waals surface area contributed by atoms with Crippen molar-refractivity contribution in [2.75, 3.05) is 0 Å². The van der Waals surface area contributed by atoms with E-state index in [4.69, 9.17) is 21.8 Å². The van der Waals surface area contributed by atoms with Crippen molar-refractivity contribution in [1.29, 1.82) is 0 Å². The summed E-state index contributed by atoms with van der Waals surface area (Å²) in [6, 6.07) is 1.33. The van der Waals surface area contributed by atoms with Crippen LogP contribution in [0.1, 0.15) is 17.3 Å². The molecule has 0 fully saturated rings. The number of halogens is 1. The maximum absolute atomic E-state index is 5.91. The minimum Gasteiger partial charge on any atom is -0.453 e. The van der Waals surface area contributed by atoms with E-state index in [0.717, 1.165) is 0 Å². The van der Waals surface area contributed by atoms with E-state index in [1.54, 1.807) is 24.0 Å². The molecule has 74 valence electrons. The number of rotatable bonds is 2. The number of aryl methyl sites for hydroxylation is 1. The van der Waals surface area contributed by atoms with Gasteiger partial charge < -0.3 is 10.2 Å². The summed E-state index contributed by atoms with van der Waals surface area (Å²) in [4.78, 5) is 0. The van der Waals surface area contributed by atoms with Gasteiger partial charge in [0.05, 0.1) is 18.5 Å². The maximum Gasteiger partial charge on any atom is 0.198 e. The van der Waals surface area contributed by atoms with Gasteiger partial charge in [-0.15, -0.1) is 5.10 Å². The number of hydrogen-bond donors (Lipinski definition) is 1. The van der Waals surface area contributed by atoms with E-state index in [1.807, 2.05) is 0 Å². The van der Waals surface area contributed by atoms with Crippen LogP contribution in [0.2, 0.25) is 5.22 Å². The normalized spacial score (nSPS) is 13.1. The number of nitrogens with two attached hydrogens (primary N) is 1. The minimum absolute atomic E-state index is 0.295. The molecule has 5 nitrogen and oxygen atoms in total. The molecule has 0 radical (unpaired) electrons. The van der Waals surface area contributed by atoms with E-state index in [9.17, 15) is 0 Å². The minimum atomic E-state index is -0.394. The fourth-order valence-electron chi connectivity index (χ4n) is 1.19. The molecule has 0 saturated heterocycles. The fourth-order valence-corrected chi connectivity index (χ4v) is 1.43. The smallest absolute Gasteiger partial charge is 0.198 e. The molecule has 2 N–H and O–H groups in total. The highest BCUT2D eigenvalue weighted by Crippen LogP contribution is 2.25. The van der Waals surface area contributed by atoms with Crippen LogP contribution in [0, 0.1) is 0 Å². The summed E-state index contributed by atoms with van der Waals surface area (Å²) in [7, 11) is 1.78. The van der Waals surface area contributed by atoms with E-state index in [-0.39, 0.29) is 0 Å². The van der Waals surface area contributed by atoms with E-state index < -0.39 is 6.04 Å². The second-order valence-corrected chi connectivity index (χ2v) is 3.29. The predicted molar refractivity (Wildman–Crippen MR) is 50.8 cm³/mol. The summed E-state index contributed by atoms with van der Waals surface area (Å²) in [5.74, 6) is 0. The van der Waals surface area contributed by atoms with Crippen LogP contribution in [0.25, 0.3) is 0 Å². The first-order chi connectivity index (χ1) is 6.68. The summed E-state index contributed by atoms with van der Waals surface area (Å²) < 4.78 is 6.53. The molecular formula is C8H9ClN4O. The zero-order valence-electron chi connectivity index (χ0n) is 7.51. The largest absolute Gasteiger partial charge is 0.453 e. The van der Waals surface area contributed by atoms with Crippen LogP contribution in [-0.2, 0) is 7.05 Å². The average molecular weight is 213 g/mol. The molecule has 1 unspecified atom stereocenters. The molecule has 2 aromatic heterocycles. The first kappa shape index (κ1) is 9.23. The van der Waals surface area contributed by atoms with Crippen molar-refractivity contribution in [2.24, 2.45) is 12.8 Å². The molecule has 14 heavy (non-hydrogen) atoms. The average Bonchev–Trinajstić information content (AvgIpc) is 2.73. The Bertz CT molecular complexity index is 436. The Labute approximate surface area is 85.5 Å². The van der Waals surface area contributed by atoms with Crippen LogP contribution >= 0.6 is 11.6 Å². The summed E-state index contributed by atoms with van der Waals surface area (Å²) in [6.07, 6.45) is 3.24. The second-order valence-electron chi connectivity index (χ2n) is 2.94. The Morgan fingerprint density at radius 1 is 1.64 bits per heavy atom. The zero-order valence-corrected chi connectivity index (χ0v) is 8.27. The molecule has 1 atom stereocenters. The van der Waals surface area contributed by atoms with Gasteiger partial charge in [-0.3, -0.25) is 4.68 Å². The standard InChI is InChI=1S/C8H9ClN4O/c1-13-4-6(11-12-13)7(10)5-2-3-14-8(5)9/h2-4,7H,10H2,1H3. The molecule has 0 bridgehead atoms. The predicted octanol–water partition coefficient (Wildman–Crippen LogP) is 1.11. The quantitative estimate of drug-likeness (QED) is 0.810. The monoisotopic (exact) mass is 212 g/mol. The number of nitrogens with zero attached hydrogens (tertiary/aromatic N) is 3. The van der Waals surface area contributed by atoms with Crippen LogP contribution in [0.3, 0.4) is 0 Å². The van der Waals surface area contributed by atoms with Crippen molar-refractivity contribution in [1.82, 2.24) is 15.0 Å². The van der Waals surface area contributed by atoms with Crippen LogP contribution in [-0.4, -0.2) is 15.0 Å². The molecule has 0 aromatic carbocycles. The van der Waals surface area contributed by atoms with E-state index >= 15 is 0 Å². The Morgan fingerprint density at radius 3 is 2.93 bits per heavy atom. The summed E-state index contributed by atoms with van der Waals surface area (Å²) >= 11 is 5.79. The van der Waals surface area contributed by atoms with E-state index in [2.05, 4.69) is 10.3 Å². The molecule has 0 amide bonds. The molecule has 0 saturated carbocycles. The molecule has 0 aliphatic heterocycles. The summed E-state index contributed by atoms with van der Waals surface area (Å²) in [6.45, 7) is 0. The van der Waals surface area contributed by atoms with Crippen molar-refractivity contribution in [3.05, 3.63) is 35.0 Å². The van der Waals surface area contributed by atoms with Gasteiger partial charge in [0, 0.05) is 12.6 Å². The lowest BCUT2D eigenvalue weighted by Gasteiger charge is -2.04. The van der Waals surface area contributed by atoms with Gasteiger partial charge in [-0.2, -0.15) is 0 Å². The Hall–Kier alpha value is -1.33. The molecule has 2 rings (SSSR count). The molecule has 2 aromatic rings. The van der Waals surface area contributed by atoms with Crippen molar-refractivity contribution in [3.63, 3.8) is 0 Å². The van der Waals surface area contributed by atoms with Gasteiger partial charge in [-0.1, -0.05) is 5.21 Å². The molecule has 6 heteroatoms. The van der Waals surface area contributed by atoms with Crippen LogP contribution in [0.4, 0.5) is 0 Å². The molecule has 2 heterocycles. The third-order valence-electron chi connectivity index (χ3n) is 1.92. The third-order valence-corrected chi connectivity index (χ3v) is 2.23. The Morgan fingerprint density at radius 2 is 2.43 bits per heavy atom. The van der Waals surface area contributed by atoms with Crippen LogP contribution in [0.5, 0.6) is 0 Å². The lowest BCUT2D eigenvalue weighted by atomic mass is 10.1. The van der Waals surface area contributed by atoms with Crippen molar-refractivity contribution in [3.8, 4) is 0 Å². The Balaban J connectivity index is 2.33. The third kappa shape index (κ3) is 1.51. The SMILES string of the molecule is Cn1cc(C(N)c2ccoc2Cl)nn1. The summed E-state index contributed by atoms with van der Waals surface area (Å²) in [5.41, 5.74) is 7.29. The number of hydrogen-bond acceptors (Lipinski definition) is 4. The molecular weight excluding hydrogens is 204 g/mol. The topological polar surface area (TPSA) is 69.9 Å². The highest BCUT2D eigenvalue weighted by atomic mass is 35.5. The summed E-state index contributed by atoms with van der Waals surface area (Å²) in [5, 5.41) is 7.99.